The van der Waals surface area contributed by atoms with Gasteiger partial charge in [-0.15, -0.1) is 22.1 Å². The third kappa shape index (κ3) is 8.89. The number of nitrogens with zero attached hydrogens (tertiary/aromatic N) is 4. The van der Waals surface area contributed by atoms with Gasteiger partial charge in [0.2, 0.25) is 40.1 Å². The summed E-state index contributed by atoms with van der Waals surface area (Å²) < 4.78 is 98.0. The molecular weight excluding hydrogens is 953 g/mol. The molecule has 328 valence electrons. The van der Waals surface area contributed by atoms with Gasteiger partial charge in [-0.1, -0.05) is 72.8 Å². The maximum atomic E-state index is 12.3. The predicted octanol–water partition coefficient (Wildman–Crippen LogP) is 5.17. The zero-order valence-corrected chi connectivity index (χ0v) is 37.6. The van der Waals surface area contributed by atoms with Crippen LogP contribution >= 0.6 is 0 Å². The quantitative estimate of drug-likeness (QED) is 0.144. The first-order chi connectivity index (χ1) is 30.2. The number of hydrogen-bond acceptors (Lipinski definition) is 10. The van der Waals surface area contributed by atoms with Crippen molar-refractivity contribution in [2.45, 2.75) is 19.6 Å². The molecule has 5 heterocycles. The maximum Gasteiger partial charge on any atom is 2.00 e. The number of primary sulfonamides is 4. The third-order valence-electron chi connectivity index (χ3n) is 10.5. The SMILES string of the molecule is NS(=O)(=O)c1ccc(-c2c3nc(c(-c4ccc(S(N)(=O)=O)cc4)c4ccc([n-]4)c(-c4ccc(S(N)(=O)=O)cc4)c4nc(c(-c5ccc(S(N)(=O)=O)cc5)c5ccc2[n-]5)C=C4)C=C3)cc1.[Fe+2]. The predicted molar refractivity (Wildman–Crippen MR) is 244 cm³/mol. The topological polar surface area (TPSA) is 295 Å². The van der Waals surface area contributed by atoms with E-state index >= 15 is 0 Å². The molecule has 3 aromatic heterocycles. The smallest absolute Gasteiger partial charge is 0.657 e. The molecule has 7 aromatic rings. The molecule has 8 bridgehead atoms. The fourth-order valence-corrected chi connectivity index (χ4v) is 9.58. The van der Waals surface area contributed by atoms with Crippen molar-refractivity contribution >= 4 is 86.5 Å². The second-order valence-electron chi connectivity index (χ2n) is 14.6. The van der Waals surface area contributed by atoms with Crippen molar-refractivity contribution < 1.29 is 50.7 Å². The van der Waals surface area contributed by atoms with Crippen LogP contribution in [0.15, 0.2) is 141 Å². The zero-order valence-electron chi connectivity index (χ0n) is 33.2. The van der Waals surface area contributed by atoms with Gasteiger partial charge < -0.3 is 9.97 Å². The minimum atomic E-state index is -4.04. The first-order valence-corrected chi connectivity index (χ1v) is 25.0. The molecule has 0 saturated carbocycles. The van der Waals surface area contributed by atoms with E-state index in [-0.39, 0.29) is 36.7 Å². The Balaban J connectivity index is 0.00000576. The Morgan fingerprint density at radius 3 is 0.662 bits per heavy atom. The first-order valence-electron chi connectivity index (χ1n) is 18.8. The maximum absolute atomic E-state index is 12.3. The first kappa shape index (κ1) is 45.2. The Morgan fingerprint density at radius 2 is 0.492 bits per heavy atom. The molecule has 8 N–H and O–H groups in total. The number of nitrogens with two attached hydrogens (primary N) is 4. The van der Waals surface area contributed by atoms with Crippen LogP contribution in [0, 0.1) is 0 Å². The van der Waals surface area contributed by atoms with Crippen LogP contribution < -0.4 is 30.5 Å². The zero-order chi connectivity index (χ0) is 45.3. The molecule has 0 radical (unpaired) electrons. The van der Waals surface area contributed by atoms with Gasteiger partial charge in [0.05, 0.1) is 42.4 Å². The van der Waals surface area contributed by atoms with E-state index in [1.807, 2.05) is 0 Å². The molecule has 0 amide bonds. The summed E-state index contributed by atoms with van der Waals surface area (Å²) >= 11 is 0. The van der Waals surface area contributed by atoms with E-state index < -0.39 is 40.1 Å². The van der Waals surface area contributed by atoms with Gasteiger partial charge in [-0.05, 0) is 117 Å². The van der Waals surface area contributed by atoms with Crippen molar-refractivity contribution in [3.8, 4) is 44.5 Å². The van der Waals surface area contributed by atoms with Crippen LogP contribution in [0.4, 0.5) is 0 Å². The minimum Gasteiger partial charge on any atom is -0.657 e. The van der Waals surface area contributed by atoms with Gasteiger partial charge in [0, 0.05) is 0 Å². The second-order valence-corrected chi connectivity index (χ2v) is 20.9. The van der Waals surface area contributed by atoms with Crippen LogP contribution in [0.3, 0.4) is 0 Å². The van der Waals surface area contributed by atoms with Crippen LogP contribution in [0.1, 0.15) is 22.8 Å². The van der Waals surface area contributed by atoms with Crippen molar-refractivity contribution in [2.24, 2.45) is 20.6 Å². The average molecular weight is 985 g/mol. The van der Waals surface area contributed by atoms with Crippen molar-refractivity contribution in [3.05, 3.63) is 144 Å². The third-order valence-corrected chi connectivity index (χ3v) is 14.2. The molecular formula is C44H32FeN8O8S4. The van der Waals surface area contributed by atoms with Gasteiger partial charge in [0.25, 0.3) is 0 Å². The monoisotopic (exact) mass is 984 g/mol. The summed E-state index contributed by atoms with van der Waals surface area (Å²) in [6.07, 6.45) is 7.05. The Morgan fingerprint density at radius 1 is 0.308 bits per heavy atom. The number of sulfonamides is 4. The summed E-state index contributed by atoms with van der Waals surface area (Å²) in [6.45, 7) is 0. The normalized spacial score (nSPS) is 12.9. The van der Waals surface area contributed by atoms with Crippen molar-refractivity contribution in [1.82, 2.24) is 19.9 Å². The van der Waals surface area contributed by atoms with Crippen LogP contribution in [0.25, 0.3) is 90.9 Å². The Labute approximate surface area is 383 Å². The van der Waals surface area contributed by atoms with E-state index in [0.717, 1.165) is 0 Å². The fourth-order valence-electron chi connectivity index (χ4n) is 7.52. The van der Waals surface area contributed by atoms with Crippen LogP contribution in [0.5, 0.6) is 0 Å². The molecule has 16 nitrogen and oxygen atoms in total. The van der Waals surface area contributed by atoms with E-state index in [0.29, 0.717) is 89.4 Å². The molecule has 21 heteroatoms. The molecule has 0 unspecified atom stereocenters. The van der Waals surface area contributed by atoms with Crippen molar-refractivity contribution in [3.63, 3.8) is 0 Å². The largest absolute Gasteiger partial charge is 2.00 e. The van der Waals surface area contributed by atoms with Crippen molar-refractivity contribution in [2.75, 3.05) is 0 Å². The molecule has 0 spiro atoms. The van der Waals surface area contributed by atoms with E-state index in [2.05, 4.69) is 0 Å². The average Bonchev–Trinajstić information content (AvgIpc) is 4.08. The molecule has 2 aliphatic rings. The minimum absolute atomic E-state index is 0. The Bertz CT molecular complexity index is 3310. The van der Waals surface area contributed by atoms with E-state index in [4.69, 9.17) is 40.5 Å². The van der Waals surface area contributed by atoms with Crippen LogP contribution in [0.2, 0.25) is 0 Å². The van der Waals surface area contributed by atoms with E-state index in [1.165, 1.54) is 48.5 Å². The number of hydrogen-bond donors (Lipinski definition) is 4. The summed E-state index contributed by atoms with van der Waals surface area (Å²) in [7, 11) is -16.1. The van der Waals surface area contributed by atoms with Gasteiger partial charge in [-0.3, -0.25) is 0 Å². The number of rotatable bonds is 8. The van der Waals surface area contributed by atoms with Gasteiger partial charge in [-0.2, -0.15) is 0 Å². The number of aromatic nitrogens is 4. The van der Waals surface area contributed by atoms with Gasteiger partial charge in [0.15, 0.2) is 0 Å². The fraction of sp³-hybridized carbons (Fsp3) is 0. The van der Waals surface area contributed by atoms with Crippen LogP contribution in [-0.2, 0) is 57.2 Å². The van der Waals surface area contributed by atoms with E-state index in [9.17, 15) is 33.7 Å². The molecule has 0 aliphatic carbocycles. The molecule has 4 aromatic carbocycles. The summed E-state index contributed by atoms with van der Waals surface area (Å²) in [4.78, 5) is 19.9. The molecule has 9 rings (SSSR count). The molecule has 0 fully saturated rings. The van der Waals surface area contributed by atoms with Gasteiger partial charge in [-0.25, -0.2) is 64.2 Å². The second kappa shape index (κ2) is 16.6. The van der Waals surface area contributed by atoms with Crippen LogP contribution in [-0.4, -0.2) is 43.6 Å². The standard InChI is InChI=1S/C44H32N8O8S4.Fe/c45-61(53,54)29-9-1-25(2-10-29)41-33-17-19-35(49-33)42(26-3-11-30(12-4-26)62(46,55)56)37-21-23-39(51-37)44(28-7-15-32(16-8-28)64(48,59)60)40-24-22-38(52-40)43(36-20-18-34(41)50-36)27-5-13-31(14-6-27)63(47,57)58;/h1-24H,(H2,45,53,54)(H2,46,55,56)(H2,47,57,58)(H2,48,59,60);/q-2;+2. The Hall–Kier alpha value is -6.36. The van der Waals surface area contributed by atoms with E-state index in [1.54, 1.807) is 97.1 Å². The summed E-state index contributed by atoms with van der Waals surface area (Å²) in [5, 5.41) is 21.8. The van der Waals surface area contributed by atoms with Crippen molar-refractivity contribution in [1.29, 1.82) is 0 Å². The number of fused-ring (bicyclic) bond motifs is 8. The Kier molecular flexibility index (Phi) is 11.5. The molecule has 0 saturated heterocycles. The summed E-state index contributed by atoms with van der Waals surface area (Å²) in [5.74, 6) is 0. The summed E-state index contributed by atoms with van der Waals surface area (Å²) in [6, 6.07) is 30.8. The van der Waals surface area contributed by atoms with Gasteiger partial charge in [0.1, 0.15) is 0 Å². The summed E-state index contributed by atoms with van der Waals surface area (Å²) in [5.41, 5.74) is 7.58. The van der Waals surface area contributed by atoms with Gasteiger partial charge >= 0.3 is 17.1 Å². The molecule has 65 heavy (non-hydrogen) atoms. The molecule has 2 aliphatic heterocycles. The number of benzene rings is 4. The molecule has 0 atom stereocenters.